The van der Waals surface area contributed by atoms with Crippen LogP contribution in [-0.4, -0.2) is 68.7 Å². The number of ether oxygens (including phenoxy) is 1. The maximum absolute atomic E-state index is 13.7. The standard InChI is InChI=1S/C31H32N2O5/c34-23-9-8-20-15-24-31(37)11-10-22(33-25(35)16-21(29(33)36)14-18-4-2-1-3-5-18)28-30(31,26(20)27(23)38-28)12-13-32(24)17-19-6-7-19/h1-5,8-9,14,19,22,24,28,34,37H,6-7,10-13,15-17H2/t22-,24-,28+,30+,31-/m1/s1. The lowest BCUT2D eigenvalue weighted by Crippen LogP contribution is -2.78. The fourth-order valence-corrected chi connectivity index (χ4v) is 8.51. The first-order valence-electron chi connectivity index (χ1n) is 14.0. The fraction of sp³-hybridized carbons (Fsp3) is 0.484. The molecule has 0 aromatic heterocycles. The van der Waals surface area contributed by atoms with E-state index in [4.69, 9.17) is 4.74 Å². The molecular formula is C31H32N2O5. The SMILES string of the molecule is O=C1CC(=Cc2ccccc2)C(=O)N1[C@@H]1CC[C@@]2(O)[C@H]3Cc4ccc(O)c5c4[C@@]2(CCN3CC2CC2)[C@H]1O5. The smallest absolute Gasteiger partial charge is 0.257 e. The molecule has 2 aromatic carbocycles. The van der Waals surface area contributed by atoms with Gasteiger partial charge in [0.2, 0.25) is 5.91 Å². The minimum Gasteiger partial charge on any atom is -0.504 e. The zero-order valence-electron chi connectivity index (χ0n) is 21.3. The first-order valence-corrected chi connectivity index (χ1v) is 14.0. The third-order valence-corrected chi connectivity index (χ3v) is 10.3. The Balaban J connectivity index is 1.21. The molecule has 7 heteroatoms. The highest BCUT2D eigenvalue weighted by Crippen LogP contribution is 2.66. The van der Waals surface area contributed by atoms with E-state index in [2.05, 4.69) is 4.90 Å². The maximum Gasteiger partial charge on any atom is 0.257 e. The second kappa shape index (κ2) is 7.70. The van der Waals surface area contributed by atoms with Crippen molar-refractivity contribution in [3.63, 3.8) is 0 Å². The van der Waals surface area contributed by atoms with E-state index in [1.165, 1.54) is 17.7 Å². The summed E-state index contributed by atoms with van der Waals surface area (Å²) in [4.78, 5) is 31.0. The number of carbonyl (C=O) groups excluding carboxylic acids is 2. The lowest BCUT2D eigenvalue weighted by atomic mass is 9.48. The summed E-state index contributed by atoms with van der Waals surface area (Å²) in [5, 5.41) is 23.5. The number of phenolic OH excluding ortho intramolecular Hbond substituents is 1. The van der Waals surface area contributed by atoms with Gasteiger partial charge in [-0.3, -0.25) is 19.4 Å². The molecular weight excluding hydrogens is 480 g/mol. The normalized spacial score (nSPS) is 36.5. The van der Waals surface area contributed by atoms with Gasteiger partial charge in [0.15, 0.2) is 11.5 Å². The molecule has 7 nitrogen and oxygen atoms in total. The average molecular weight is 513 g/mol. The van der Waals surface area contributed by atoms with Gasteiger partial charge in [0.05, 0.1) is 23.5 Å². The third-order valence-electron chi connectivity index (χ3n) is 10.3. The van der Waals surface area contributed by atoms with Crippen LogP contribution in [0.5, 0.6) is 11.5 Å². The molecule has 2 amide bonds. The Labute approximate surface area is 221 Å². The zero-order valence-corrected chi connectivity index (χ0v) is 21.3. The largest absolute Gasteiger partial charge is 0.504 e. The van der Waals surface area contributed by atoms with E-state index in [0.717, 1.165) is 36.2 Å². The molecule has 0 unspecified atom stereocenters. The summed E-state index contributed by atoms with van der Waals surface area (Å²) in [5.74, 6) is 0.730. The van der Waals surface area contributed by atoms with Crippen LogP contribution in [0.1, 0.15) is 55.2 Å². The molecule has 2 N–H and O–H groups in total. The van der Waals surface area contributed by atoms with Crippen LogP contribution in [0.15, 0.2) is 48.0 Å². The Bertz CT molecular complexity index is 1400. The Morgan fingerprint density at radius 2 is 1.87 bits per heavy atom. The molecule has 8 rings (SSSR count). The quantitative estimate of drug-likeness (QED) is 0.483. The van der Waals surface area contributed by atoms with Gasteiger partial charge in [-0.1, -0.05) is 36.4 Å². The topological polar surface area (TPSA) is 90.3 Å². The number of rotatable bonds is 4. The van der Waals surface area contributed by atoms with Crippen LogP contribution in [0.25, 0.3) is 6.08 Å². The number of nitrogens with zero attached hydrogens (tertiary/aromatic N) is 2. The van der Waals surface area contributed by atoms with Crippen molar-refractivity contribution < 1.29 is 24.5 Å². The number of aliphatic hydroxyl groups is 1. The molecule has 0 radical (unpaired) electrons. The number of phenols is 1. The molecule has 196 valence electrons. The van der Waals surface area contributed by atoms with E-state index in [-0.39, 0.29) is 30.0 Å². The summed E-state index contributed by atoms with van der Waals surface area (Å²) in [7, 11) is 0. The van der Waals surface area contributed by atoms with Crippen LogP contribution in [0.3, 0.4) is 0 Å². The van der Waals surface area contributed by atoms with Crippen LogP contribution in [0, 0.1) is 5.92 Å². The zero-order chi connectivity index (χ0) is 25.8. The summed E-state index contributed by atoms with van der Waals surface area (Å²) < 4.78 is 6.58. The van der Waals surface area contributed by atoms with Gasteiger partial charge in [-0.05, 0) is 74.3 Å². The number of carbonyl (C=O) groups is 2. The van der Waals surface area contributed by atoms with Crippen molar-refractivity contribution >= 4 is 17.9 Å². The van der Waals surface area contributed by atoms with Gasteiger partial charge in [0.1, 0.15) is 6.10 Å². The molecule has 2 bridgehead atoms. The van der Waals surface area contributed by atoms with Crippen molar-refractivity contribution in [3.8, 4) is 11.5 Å². The van der Waals surface area contributed by atoms with Crippen molar-refractivity contribution in [1.29, 1.82) is 0 Å². The average Bonchev–Trinajstić information content (AvgIpc) is 3.59. The Kier molecular flexibility index (Phi) is 4.62. The first kappa shape index (κ1) is 22.8. The van der Waals surface area contributed by atoms with Gasteiger partial charge >= 0.3 is 0 Å². The van der Waals surface area contributed by atoms with E-state index in [1.54, 1.807) is 12.1 Å². The molecule has 3 heterocycles. The second-order valence-electron chi connectivity index (χ2n) is 12.2. The number of piperidine rings is 1. The summed E-state index contributed by atoms with van der Waals surface area (Å²) in [5.41, 5.74) is 1.60. The number of hydrogen-bond acceptors (Lipinski definition) is 6. The van der Waals surface area contributed by atoms with Crippen molar-refractivity contribution in [2.24, 2.45) is 5.92 Å². The highest BCUT2D eigenvalue weighted by molar-refractivity contribution is 6.16. The number of amides is 2. The van der Waals surface area contributed by atoms with Crippen molar-refractivity contribution in [2.75, 3.05) is 13.1 Å². The van der Waals surface area contributed by atoms with Crippen molar-refractivity contribution in [2.45, 2.75) is 74.1 Å². The van der Waals surface area contributed by atoms with Crippen molar-refractivity contribution in [1.82, 2.24) is 9.80 Å². The van der Waals surface area contributed by atoms with Crippen LogP contribution in [-0.2, 0) is 21.4 Å². The van der Waals surface area contributed by atoms with E-state index < -0.39 is 23.2 Å². The van der Waals surface area contributed by atoms with Gasteiger partial charge in [-0.15, -0.1) is 0 Å². The molecule has 2 aromatic rings. The van der Waals surface area contributed by atoms with Crippen LogP contribution >= 0.6 is 0 Å². The highest BCUT2D eigenvalue weighted by Gasteiger charge is 2.74. The van der Waals surface area contributed by atoms with Gasteiger partial charge < -0.3 is 14.9 Å². The summed E-state index contributed by atoms with van der Waals surface area (Å²) in [6, 6.07) is 12.7. The van der Waals surface area contributed by atoms with Crippen LogP contribution in [0.2, 0.25) is 0 Å². The molecule has 2 saturated heterocycles. The minimum absolute atomic E-state index is 0.0367. The predicted octanol–water partition coefficient (Wildman–Crippen LogP) is 3.17. The molecule has 6 aliphatic rings. The van der Waals surface area contributed by atoms with Crippen molar-refractivity contribution in [3.05, 3.63) is 64.7 Å². The van der Waals surface area contributed by atoms with Crippen LogP contribution in [0.4, 0.5) is 0 Å². The fourth-order valence-electron chi connectivity index (χ4n) is 8.51. The molecule has 5 atom stereocenters. The van der Waals surface area contributed by atoms with Crippen LogP contribution < -0.4 is 4.74 Å². The van der Waals surface area contributed by atoms with Gasteiger partial charge in [0.25, 0.3) is 5.91 Å². The number of likely N-dealkylation sites (tertiary alicyclic amines) is 2. The van der Waals surface area contributed by atoms with E-state index in [1.807, 2.05) is 36.4 Å². The maximum atomic E-state index is 13.7. The number of aromatic hydroxyl groups is 1. The molecule has 4 fully saturated rings. The summed E-state index contributed by atoms with van der Waals surface area (Å²) in [6.07, 6.45) is 6.18. The van der Waals surface area contributed by atoms with Gasteiger partial charge in [0, 0.05) is 23.7 Å². The molecule has 38 heavy (non-hydrogen) atoms. The molecule has 3 aliphatic carbocycles. The minimum atomic E-state index is -1.04. The summed E-state index contributed by atoms with van der Waals surface area (Å²) in [6.45, 7) is 1.85. The predicted molar refractivity (Wildman–Crippen MR) is 139 cm³/mol. The lowest BCUT2D eigenvalue weighted by molar-refractivity contribution is -0.201. The Morgan fingerprint density at radius 1 is 1.05 bits per heavy atom. The highest BCUT2D eigenvalue weighted by atomic mass is 16.5. The van der Waals surface area contributed by atoms with E-state index in [0.29, 0.717) is 36.5 Å². The number of imide groups is 1. The Hall–Kier alpha value is -3.16. The van der Waals surface area contributed by atoms with Gasteiger partial charge in [-0.2, -0.15) is 0 Å². The number of benzene rings is 2. The molecule has 3 aliphatic heterocycles. The molecule has 1 spiro atoms. The molecule has 2 saturated carbocycles. The number of hydrogen-bond donors (Lipinski definition) is 2. The van der Waals surface area contributed by atoms with Gasteiger partial charge in [-0.25, -0.2) is 0 Å². The second-order valence-corrected chi connectivity index (χ2v) is 12.2. The van der Waals surface area contributed by atoms with E-state index in [9.17, 15) is 19.8 Å². The Morgan fingerprint density at radius 3 is 2.66 bits per heavy atom. The monoisotopic (exact) mass is 512 g/mol. The van der Waals surface area contributed by atoms with E-state index >= 15 is 0 Å². The first-order chi connectivity index (χ1) is 18.4. The third kappa shape index (κ3) is 2.86. The lowest BCUT2D eigenvalue weighted by Gasteiger charge is -2.64. The summed E-state index contributed by atoms with van der Waals surface area (Å²) >= 11 is 0.